The standard InChI is InChI=1S/C20H25N5OS/c1-6-15-9-7-8-12(2)18(15)22-17(26)11-10-16-13(3)21-19-23-20(27-5)24-25(19)14(16)4/h7-9H,6,10-11H2,1-5H3,(H,22,26). The van der Waals surface area contributed by atoms with Crippen LogP contribution >= 0.6 is 11.8 Å². The van der Waals surface area contributed by atoms with Crippen molar-refractivity contribution < 1.29 is 4.79 Å². The monoisotopic (exact) mass is 383 g/mol. The van der Waals surface area contributed by atoms with E-state index in [1.54, 1.807) is 4.52 Å². The van der Waals surface area contributed by atoms with Gasteiger partial charge in [0.15, 0.2) is 0 Å². The largest absolute Gasteiger partial charge is 0.326 e. The van der Waals surface area contributed by atoms with E-state index in [2.05, 4.69) is 33.4 Å². The maximum atomic E-state index is 12.6. The first-order valence-electron chi connectivity index (χ1n) is 9.09. The average Bonchev–Trinajstić information content (AvgIpc) is 3.06. The molecule has 0 radical (unpaired) electrons. The molecular weight excluding hydrogens is 358 g/mol. The number of nitrogens with one attached hydrogen (secondary N) is 1. The van der Waals surface area contributed by atoms with E-state index in [4.69, 9.17) is 0 Å². The van der Waals surface area contributed by atoms with Gasteiger partial charge in [-0.1, -0.05) is 36.9 Å². The van der Waals surface area contributed by atoms with E-state index in [-0.39, 0.29) is 5.91 Å². The summed E-state index contributed by atoms with van der Waals surface area (Å²) in [5.74, 6) is 0.622. The van der Waals surface area contributed by atoms with Gasteiger partial charge in [0.25, 0.3) is 5.78 Å². The second kappa shape index (κ2) is 8.08. The first kappa shape index (κ1) is 19.4. The zero-order chi connectivity index (χ0) is 19.6. The summed E-state index contributed by atoms with van der Waals surface area (Å²) in [4.78, 5) is 21.5. The topological polar surface area (TPSA) is 72.2 Å². The lowest BCUT2D eigenvalue weighted by atomic mass is 10.0. The normalized spacial score (nSPS) is 11.1. The van der Waals surface area contributed by atoms with Crippen molar-refractivity contribution in [1.82, 2.24) is 19.6 Å². The second-order valence-corrected chi connectivity index (χ2v) is 7.36. The average molecular weight is 384 g/mol. The molecule has 0 unspecified atom stereocenters. The lowest BCUT2D eigenvalue weighted by Gasteiger charge is -2.14. The first-order valence-corrected chi connectivity index (χ1v) is 10.3. The SMILES string of the molecule is CCc1cccc(C)c1NC(=O)CCc1c(C)nc2nc(SC)nn2c1C. The molecule has 0 aliphatic heterocycles. The van der Waals surface area contributed by atoms with E-state index in [9.17, 15) is 4.79 Å². The van der Waals surface area contributed by atoms with Crippen LogP contribution in [0.4, 0.5) is 5.69 Å². The minimum Gasteiger partial charge on any atom is -0.326 e. The van der Waals surface area contributed by atoms with Gasteiger partial charge in [-0.15, -0.1) is 5.10 Å². The molecule has 1 amide bonds. The molecule has 2 aromatic heterocycles. The number of carbonyl (C=O) groups excluding carboxylic acids is 1. The van der Waals surface area contributed by atoms with E-state index >= 15 is 0 Å². The summed E-state index contributed by atoms with van der Waals surface area (Å²) in [7, 11) is 0. The third-order valence-corrected chi connectivity index (χ3v) is 5.36. The van der Waals surface area contributed by atoms with Crippen molar-refractivity contribution in [2.24, 2.45) is 0 Å². The fourth-order valence-corrected chi connectivity index (χ4v) is 3.62. The van der Waals surface area contributed by atoms with Gasteiger partial charge in [0.1, 0.15) is 0 Å². The summed E-state index contributed by atoms with van der Waals surface area (Å²) in [5, 5.41) is 8.26. The fourth-order valence-electron chi connectivity index (χ4n) is 3.28. The van der Waals surface area contributed by atoms with Gasteiger partial charge in [0.05, 0.1) is 0 Å². The van der Waals surface area contributed by atoms with Crippen LogP contribution in [-0.4, -0.2) is 31.7 Å². The highest BCUT2D eigenvalue weighted by Gasteiger charge is 2.15. The van der Waals surface area contributed by atoms with Gasteiger partial charge in [-0.25, -0.2) is 9.50 Å². The number of amides is 1. The van der Waals surface area contributed by atoms with Gasteiger partial charge < -0.3 is 5.32 Å². The second-order valence-electron chi connectivity index (χ2n) is 6.58. The number of hydrogen-bond acceptors (Lipinski definition) is 5. The number of benzene rings is 1. The molecular formula is C20H25N5OS. The third kappa shape index (κ3) is 3.98. The molecule has 0 spiro atoms. The Labute approximate surface area is 163 Å². The molecule has 0 saturated heterocycles. The fraction of sp³-hybridized carbons (Fsp3) is 0.400. The van der Waals surface area contributed by atoms with Crippen LogP contribution in [-0.2, 0) is 17.6 Å². The Kier molecular flexibility index (Phi) is 5.79. The van der Waals surface area contributed by atoms with Crippen molar-refractivity contribution in [3.8, 4) is 0 Å². The molecule has 0 atom stereocenters. The Morgan fingerprint density at radius 1 is 1.22 bits per heavy atom. The molecule has 1 N–H and O–H groups in total. The molecule has 3 rings (SSSR count). The molecule has 7 heteroatoms. The molecule has 6 nitrogen and oxygen atoms in total. The number of hydrogen-bond donors (Lipinski definition) is 1. The van der Waals surface area contributed by atoms with E-state index in [0.29, 0.717) is 23.8 Å². The van der Waals surface area contributed by atoms with Gasteiger partial charge in [0.2, 0.25) is 11.1 Å². The van der Waals surface area contributed by atoms with Gasteiger partial charge in [-0.3, -0.25) is 4.79 Å². The van der Waals surface area contributed by atoms with Crippen LogP contribution in [0.5, 0.6) is 0 Å². The van der Waals surface area contributed by atoms with Crippen LogP contribution in [0.25, 0.3) is 5.78 Å². The third-order valence-electron chi connectivity index (χ3n) is 4.82. The molecule has 0 saturated carbocycles. The Bertz CT molecular complexity index is 996. The van der Waals surface area contributed by atoms with Crippen molar-refractivity contribution in [1.29, 1.82) is 0 Å². The summed E-state index contributed by atoms with van der Waals surface area (Å²) < 4.78 is 1.77. The van der Waals surface area contributed by atoms with E-state index in [0.717, 1.165) is 40.2 Å². The molecule has 0 fully saturated rings. The zero-order valence-electron chi connectivity index (χ0n) is 16.5. The van der Waals surface area contributed by atoms with E-state index in [1.807, 2.05) is 39.2 Å². The summed E-state index contributed by atoms with van der Waals surface area (Å²) >= 11 is 1.49. The Morgan fingerprint density at radius 2 is 2.00 bits per heavy atom. The molecule has 1 aromatic carbocycles. The lowest BCUT2D eigenvalue weighted by molar-refractivity contribution is -0.116. The number of aromatic nitrogens is 4. The lowest BCUT2D eigenvalue weighted by Crippen LogP contribution is -2.16. The number of para-hydroxylation sites is 1. The van der Waals surface area contributed by atoms with Crippen LogP contribution in [0.1, 0.15) is 41.4 Å². The number of rotatable bonds is 6. The van der Waals surface area contributed by atoms with Gasteiger partial charge in [-0.05, 0) is 56.6 Å². The summed E-state index contributed by atoms with van der Waals surface area (Å²) in [5.41, 5.74) is 6.13. The maximum absolute atomic E-state index is 12.6. The highest BCUT2D eigenvalue weighted by molar-refractivity contribution is 7.98. The number of thioether (sulfide) groups is 1. The summed E-state index contributed by atoms with van der Waals surface area (Å²) in [6, 6.07) is 6.11. The van der Waals surface area contributed by atoms with Crippen LogP contribution in [0, 0.1) is 20.8 Å². The minimum atomic E-state index is 0.0151. The number of anilines is 1. The molecule has 27 heavy (non-hydrogen) atoms. The van der Waals surface area contributed by atoms with Crippen LogP contribution < -0.4 is 5.32 Å². The van der Waals surface area contributed by atoms with Crippen molar-refractivity contribution in [3.05, 3.63) is 46.3 Å². The van der Waals surface area contributed by atoms with Crippen LogP contribution in [0.2, 0.25) is 0 Å². The van der Waals surface area contributed by atoms with Crippen molar-refractivity contribution in [2.75, 3.05) is 11.6 Å². The van der Waals surface area contributed by atoms with Crippen molar-refractivity contribution >= 4 is 29.1 Å². The number of fused-ring (bicyclic) bond motifs is 1. The molecule has 0 aliphatic carbocycles. The molecule has 0 aliphatic rings. The Balaban J connectivity index is 1.78. The quantitative estimate of drug-likeness (QED) is 0.654. The number of carbonyl (C=O) groups is 1. The van der Waals surface area contributed by atoms with Gasteiger partial charge in [-0.2, -0.15) is 4.98 Å². The van der Waals surface area contributed by atoms with E-state index in [1.165, 1.54) is 11.8 Å². The van der Waals surface area contributed by atoms with Crippen LogP contribution in [0.3, 0.4) is 0 Å². The zero-order valence-corrected chi connectivity index (χ0v) is 17.3. The molecule has 2 heterocycles. The predicted octanol–water partition coefficient (Wildman–Crippen LogP) is 3.91. The summed E-state index contributed by atoms with van der Waals surface area (Å²) in [6.07, 6.45) is 3.85. The molecule has 142 valence electrons. The van der Waals surface area contributed by atoms with Gasteiger partial charge >= 0.3 is 0 Å². The number of nitrogens with zero attached hydrogens (tertiary/aromatic N) is 4. The van der Waals surface area contributed by atoms with E-state index < -0.39 is 0 Å². The highest BCUT2D eigenvalue weighted by Crippen LogP contribution is 2.22. The number of aryl methyl sites for hydroxylation is 4. The first-order chi connectivity index (χ1) is 12.9. The van der Waals surface area contributed by atoms with Gasteiger partial charge in [0, 0.05) is 23.5 Å². The summed E-state index contributed by atoms with van der Waals surface area (Å²) in [6.45, 7) is 8.09. The Hall–Kier alpha value is -2.41. The van der Waals surface area contributed by atoms with Crippen molar-refractivity contribution in [3.63, 3.8) is 0 Å². The predicted molar refractivity (Wildman–Crippen MR) is 110 cm³/mol. The van der Waals surface area contributed by atoms with Crippen molar-refractivity contribution in [2.45, 2.75) is 52.1 Å². The molecule has 3 aromatic rings. The maximum Gasteiger partial charge on any atom is 0.253 e. The smallest absolute Gasteiger partial charge is 0.253 e. The molecule has 0 bridgehead atoms. The highest BCUT2D eigenvalue weighted by atomic mass is 32.2. The van der Waals surface area contributed by atoms with Crippen LogP contribution in [0.15, 0.2) is 23.4 Å². The minimum absolute atomic E-state index is 0.0151. The Morgan fingerprint density at radius 3 is 2.70 bits per heavy atom.